The highest BCUT2D eigenvalue weighted by Gasteiger charge is 2.31. The van der Waals surface area contributed by atoms with E-state index in [4.69, 9.17) is 10.2 Å². The quantitative estimate of drug-likeness (QED) is 0.311. The van der Waals surface area contributed by atoms with Gasteiger partial charge in [0.05, 0.1) is 22.3 Å². The Morgan fingerprint density at radius 1 is 0.586 bits per heavy atom. The molecule has 0 spiro atoms. The maximum atomic E-state index is 11.6. The molecular formula is C17H12O12. The Kier molecular flexibility index (Phi) is 5.22. The monoisotopic (exact) mass is 408 g/mol. The molecule has 29 heavy (non-hydrogen) atoms. The first-order valence-corrected chi connectivity index (χ1v) is 7.47. The lowest BCUT2D eigenvalue weighted by molar-refractivity contribution is 0.0648. The normalized spacial score (nSPS) is 10.5. The van der Waals surface area contributed by atoms with E-state index in [1.54, 1.807) is 0 Å². The molecule has 0 radical (unpaired) electrons. The highest BCUT2D eigenvalue weighted by molar-refractivity contribution is 6.06. The zero-order valence-corrected chi connectivity index (χ0v) is 14.1. The topological polar surface area (TPSA) is 230 Å². The van der Waals surface area contributed by atoms with E-state index in [-0.39, 0.29) is 0 Å². The Bertz CT molecular complexity index is 997. The third kappa shape index (κ3) is 3.53. The number of aromatic hydroxyl groups is 4. The molecule has 0 unspecified atom stereocenters. The van der Waals surface area contributed by atoms with Gasteiger partial charge in [-0.1, -0.05) is 0 Å². The van der Waals surface area contributed by atoms with Crippen LogP contribution in [0.3, 0.4) is 0 Å². The van der Waals surface area contributed by atoms with Crippen molar-refractivity contribution < 1.29 is 60.0 Å². The molecule has 0 heterocycles. The SMILES string of the molecule is O=C(O)c1cc(O)c(O)c(Cc2c(O)c(O)cc(C(=O)O)c2C(=O)O)c1C(=O)O. The molecule has 0 aromatic heterocycles. The second-order valence-electron chi connectivity index (χ2n) is 5.69. The van der Waals surface area contributed by atoms with Crippen LogP contribution >= 0.6 is 0 Å². The molecule has 0 bridgehead atoms. The maximum absolute atomic E-state index is 11.6. The number of carbonyl (C=O) groups is 4. The highest BCUT2D eigenvalue weighted by atomic mass is 16.4. The number of phenolic OH excluding ortho intramolecular Hbond substituents is 4. The van der Waals surface area contributed by atoms with Crippen molar-refractivity contribution in [3.63, 3.8) is 0 Å². The summed E-state index contributed by atoms with van der Waals surface area (Å²) in [5, 5.41) is 76.6. The van der Waals surface area contributed by atoms with Gasteiger partial charge in [-0.05, 0) is 12.1 Å². The second kappa shape index (κ2) is 7.26. The lowest BCUT2D eigenvalue weighted by Crippen LogP contribution is -2.15. The summed E-state index contributed by atoms with van der Waals surface area (Å²) >= 11 is 0. The fourth-order valence-electron chi connectivity index (χ4n) is 2.77. The number of hydrogen-bond donors (Lipinski definition) is 8. The smallest absolute Gasteiger partial charge is 0.337 e. The van der Waals surface area contributed by atoms with Crippen LogP contribution < -0.4 is 0 Å². The van der Waals surface area contributed by atoms with Crippen LogP contribution in [0.1, 0.15) is 52.6 Å². The largest absolute Gasteiger partial charge is 0.504 e. The second-order valence-corrected chi connectivity index (χ2v) is 5.69. The fraction of sp³-hybridized carbons (Fsp3) is 0.0588. The van der Waals surface area contributed by atoms with Crippen molar-refractivity contribution in [3.05, 3.63) is 45.5 Å². The van der Waals surface area contributed by atoms with E-state index in [9.17, 15) is 49.8 Å². The molecule has 12 heteroatoms. The first kappa shape index (κ1) is 20.8. The molecular weight excluding hydrogens is 396 g/mol. The summed E-state index contributed by atoms with van der Waals surface area (Å²) in [6, 6.07) is 0.904. The van der Waals surface area contributed by atoms with Gasteiger partial charge in [0.2, 0.25) is 0 Å². The Morgan fingerprint density at radius 2 is 0.897 bits per heavy atom. The van der Waals surface area contributed by atoms with Crippen molar-refractivity contribution in [2.24, 2.45) is 0 Å². The Balaban J connectivity index is 2.95. The summed E-state index contributed by atoms with van der Waals surface area (Å²) < 4.78 is 0. The van der Waals surface area contributed by atoms with E-state index in [2.05, 4.69) is 0 Å². The van der Waals surface area contributed by atoms with Gasteiger partial charge in [0.25, 0.3) is 0 Å². The van der Waals surface area contributed by atoms with Crippen LogP contribution in [0.5, 0.6) is 23.0 Å². The number of phenols is 4. The zero-order valence-electron chi connectivity index (χ0n) is 14.1. The van der Waals surface area contributed by atoms with Gasteiger partial charge in [-0.2, -0.15) is 0 Å². The molecule has 0 atom stereocenters. The number of carboxylic acids is 4. The minimum Gasteiger partial charge on any atom is -0.504 e. The number of benzene rings is 2. The summed E-state index contributed by atoms with van der Waals surface area (Å²) in [7, 11) is 0. The van der Waals surface area contributed by atoms with Gasteiger partial charge in [0.1, 0.15) is 0 Å². The molecule has 0 aliphatic rings. The van der Waals surface area contributed by atoms with Crippen LogP contribution in [0.25, 0.3) is 0 Å². The van der Waals surface area contributed by atoms with Gasteiger partial charge in [-0.3, -0.25) is 0 Å². The molecule has 0 saturated heterocycles. The molecule has 2 aromatic carbocycles. The minimum absolute atomic E-state index is 0.452. The standard InChI is InChI=1S/C17H12O12/c18-8-2-6(14(22)23)10(16(26)27)4(12(8)20)1-5-11(17(28)29)7(15(24)25)3-9(19)13(5)21/h2-3,18-21H,1H2,(H,22,23)(H,24,25)(H,26,27)(H,28,29). The van der Waals surface area contributed by atoms with E-state index >= 15 is 0 Å². The van der Waals surface area contributed by atoms with E-state index in [1.165, 1.54) is 0 Å². The van der Waals surface area contributed by atoms with Crippen LogP contribution in [0.4, 0.5) is 0 Å². The first-order chi connectivity index (χ1) is 13.4. The number of carboxylic acid groups (broad SMARTS) is 4. The Labute approximate surface area is 159 Å². The van der Waals surface area contributed by atoms with Crippen LogP contribution in [-0.4, -0.2) is 64.7 Å². The average molecular weight is 408 g/mol. The summed E-state index contributed by atoms with van der Waals surface area (Å²) in [5.74, 6) is -11.7. The van der Waals surface area contributed by atoms with Crippen molar-refractivity contribution in [1.29, 1.82) is 0 Å². The predicted molar refractivity (Wildman–Crippen MR) is 90.2 cm³/mol. The lowest BCUT2D eigenvalue weighted by Gasteiger charge is -2.16. The first-order valence-electron chi connectivity index (χ1n) is 7.47. The number of aromatic carboxylic acids is 4. The number of hydrogen-bond acceptors (Lipinski definition) is 8. The summed E-state index contributed by atoms with van der Waals surface area (Å²) in [5.41, 5.74) is -5.65. The third-order valence-electron chi connectivity index (χ3n) is 4.00. The van der Waals surface area contributed by atoms with Crippen LogP contribution in [0.15, 0.2) is 12.1 Å². The number of rotatable bonds is 6. The molecule has 2 aromatic rings. The van der Waals surface area contributed by atoms with Crippen LogP contribution in [0.2, 0.25) is 0 Å². The molecule has 0 saturated carbocycles. The zero-order chi connectivity index (χ0) is 22.2. The third-order valence-corrected chi connectivity index (χ3v) is 4.00. The van der Waals surface area contributed by atoms with Crippen molar-refractivity contribution in [1.82, 2.24) is 0 Å². The van der Waals surface area contributed by atoms with E-state index < -0.39 is 86.7 Å². The Hall–Kier alpha value is -4.48. The van der Waals surface area contributed by atoms with Gasteiger partial charge in [0, 0.05) is 17.5 Å². The predicted octanol–water partition coefficient (Wildman–Crippen LogP) is 0.893. The van der Waals surface area contributed by atoms with E-state index in [0.717, 1.165) is 0 Å². The van der Waals surface area contributed by atoms with Crippen molar-refractivity contribution >= 4 is 23.9 Å². The van der Waals surface area contributed by atoms with Gasteiger partial charge >= 0.3 is 23.9 Å². The van der Waals surface area contributed by atoms with Crippen molar-refractivity contribution in [2.75, 3.05) is 0 Å². The summed E-state index contributed by atoms with van der Waals surface area (Å²) in [6.07, 6.45) is -1.05. The van der Waals surface area contributed by atoms with Crippen molar-refractivity contribution in [2.45, 2.75) is 6.42 Å². The molecule has 0 fully saturated rings. The van der Waals surface area contributed by atoms with Gasteiger partial charge in [-0.15, -0.1) is 0 Å². The van der Waals surface area contributed by atoms with Crippen molar-refractivity contribution in [3.8, 4) is 23.0 Å². The van der Waals surface area contributed by atoms with Gasteiger partial charge < -0.3 is 40.9 Å². The van der Waals surface area contributed by atoms with Crippen LogP contribution in [-0.2, 0) is 6.42 Å². The summed E-state index contributed by atoms with van der Waals surface area (Å²) in [6.45, 7) is 0. The molecule has 12 nitrogen and oxygen atoms in total. The van der Waals surface area contributed by atoms with Crippen LogP contribution in [0, 0.1) is 0 Å². The average Bonchev–Trinajstić information content (AvgIpc) is 2.60. The maximum Gasteiger partial charge on any atom is 0.337 e. The minimum atomic E-state index is -1.87. The molecule has 8 N–H and O–H groups in total. The van der Waals surface area contributed by atoms with E-state index in [1.807, 2.05) is 0 Å². The lowest BCUT2D eigenvalue weighted by atomic mass is 9.89. The summed E-state index contributed by atoms with van der Waals surface area (Å²) in [4.78, 5) is 45.8. The molecule has 2 rings (SSSR count). The van der Waals surface area contributed by atoms with Gasteiger partial charge in [-0.25, -0.2) is 19.2 Å². The molecule has 0 amide bonds. The van der Waals surface area contributed by atoms with Gasteiger partial charge in [0.15, 0.2) is 23.0 Å². The Morgan fingerprint density at radius 3 is 1.14 bits per heavy atom. The van der Waals surface area contributed by atoms with E-state index in [0.29, 0.717) is 12.1 Å². The molecule has 0 aliphatic heterocycles. The highest BCUT2D eigenvalue weighted by Crippen LogP contribution is 2.41. The molecule has 152 valence electrons. The molecule has 0 aliphatic carbocycles. The fourth-order valence-corrected chi connectivity index (χ4v) is 2.77.